The molecule has 0 aliphatic carbocycles. The van der Waals surface area contributed by atoms with Gasteiger partial charge < -0.3 is 8.92 Å². The van der Waals surface area contributed by atoms with Gasteiger partial charge in [-0.2, -0.15) is 8.42 Å². The molecule has 1 aromatic carbocycles. The van der Waals surface area contributed by atoms with Crippen molar-refractivity contribution in [1.82, 2.24) is 0 Å². The van der Waals surface area contributed by atoms with Crippen LogP contribution < -0.4 is 8.92 Å². The van der Waals surface area contributed by atoms with Crippen LogP contribution >= 0.6 is 0 Å². The molecule has 0 heterocycles. The SMILES string of the molecule is COc1ccc(O[SH](=O)=O)cc1. The van der Waals surface area contributed by atoms with Crippen molar-refractivity contribution in [3.05, 3.63) is 24.3 Å². The third-order valence-corrected chi connectivity index (χ3v) is 1.60. The largest absolute Gasteiger partial charge is 0.497 e. The summed E-state index contributed by atoms with van der Waals surface area (Å²) in [6.07, 6.45) is 0. The number of hydrogen-bond donors (Lipinski definition) is 1. The van der Waals surface area contributed by atoms with Crippen molar-refractivity contribution in [2.75, 3.05) is 7.11 Å². The van der Waals surface area contributed by atoms with Crippen LogP contribution in [0.15, 0.2) is 24.3 Å². The van der Waals surface area contributed by atoms with E-state index in [1.54, 1.807) is 12.1 Å². The van der Waals surface area contributed by atoms with E-state index in [2.05, 4.69) is 4.18 Å². The van der Waals surface area contributed by atoms with Gasteiger partial charge in [-0.3, -0.25) is 0 Å². The van der Waals surface area contributed by atoms with Gasteiger partial charge in [0.2, 0.25) is 0 Å². The zero-order valence-corrected chi connectivity index (χ0v) is 7.28. The van der Waals surface area contributed by atoms with Crippen molar-refractivity contribution < 1.29 is 17.3 Å². The summed E-state index contributed by atoms with van der Waals surface area (Å²) in [4.78, 5) is 0. The predicted octanol–water partition coefficient (Wildman–Crippen LogP) is 0.600. The number of hydrogen-bond acceptors (Lipinski definition) is 4. The highest BCUT2D eigenvalue weighted by molar-refractivity contribution is 7.67. The van der Waals surface area contributed by atoms with Crippen LogP contribution in [-0.2, 0) is 11.0 Å². The van der Waals surface area contributed by atoms with Crippen molar-refractivity contribution in [3.8, 4) is 11.5 Å². The Balaban J connectivity index is 2.77. The van der Waals surface area contributed by atoms with E-state index in [0.717, 1.165) is 0 Å². The minimum atomic E-state index is -2.83. The molecule has 0 amide bonds. The average molecular weight is 188 g/mol. The lowest BCUT2D eigenvalue weighted by Gasteiger charge is -1.99. The lowest BCUT2D eigenvalue weighted by Crippen LogP contribution is -1.89. The summed E-state index contributed by atoms with van der Waals surface area (Å²) in [5.41, 5.74) is 0. The van der Waals surface area contributed by atoms with Crippen molar-refractivity contribution in [2.24, 2.45) is 0 Å². The average Bonchev–Trinajstić information content (AvgIpc) is 2.05. The van der Waals surface area contributed by atoms with Crippen molar-refractivity contribution >= 4 is 11.0 Å². The number of rotatable bonds is 3. The van der Waals surface area contributed by atoms with Crippen LogP contribution in [0.5, 0.6) is 11.5 Å². The minimum absolute atomic E-state index is 0.284. The fourth-order valence-corrected chi connectivity index (χ4v) is 1.02. The normalized spacial score (nSPS) is 9.83. The Kier molecular flexibility index (Phi) is 2.93. The smallest absolute Gasteiger partial charge is 0.299 e. The number of benzene rings is 1. The van der Waals surface area contributed by atoms with Gasteiger partial charge in [-0.1, -0.05) is 0 Å². The van der Waals surface area contributed by atoms with Crippen LogP contribution in [0.3, 0.4) is 0 Å². The Morgan fingerprint density at radius 2 is 1.58 bits per heavy atom. The molecule has 0 radical (unpaired) electrons. The van der Waals surface area contributed by atoms with Gasteiger partial charge in [-0.25, -0.2) is 0 Å². The van der Waals surface area contributed by atoms with Gasteiger partial charge in [-0.15, -0.1) is 0 Å². The van der Waals surface area contributed by atoms with Crippen molar-refractivity contribution in [3.63, 3.8) is 0 Å². The molecule has 4 nitrogen and oxygen atoms in total. The molecule has 0 unspecified atom stereocenters. The maximum Gasteiger partial charge on any atom is 0.299 e. The van der Waals surface area contributed by atoms with Gasteiger partial charge in [0.25, 0.3) is 11.0 Å². The van der Waals surface area contributed by atoms with Gasteiger partial charge in [0.1, 0.15) is 11.5 Å². The highest BCUT2D eigenvalue weighted by atomic mass is 32.2. The van der Waals surface area contributed by atoms with Crippen LogP contribution in [0.2, 0.25) is 0 Å². The summed E-state index contributed by atoms with van der Waals surface area (Å²) in [6, 6.07) is 6.27. The first kappa shape index (κ1) is 8.86. The highest BCUT2D eigenvalue weighted by Crippen LogP contribution is 2.16. The molecule has 0 aromatic heterocycles. The molecule has 5 heteroatoms. The lowest BCUT2D eigenvalue weighted by molar-refractivity contribution is 0.414. The fraction of sp³-hybridized carbons (Fsp3) is 0.143. The highest BCUT2D eigenvalue weighted by Gasteiger charge is 1.94. The van der Waals surface area contributed by atoms with E-state index in [9.17, 15) is 8.42 Å². The molecule has 0 saturated heterocycles. The van der Waals surface area contributed by atoms with Gasteiger partial charge in [0.15, 0.2) is 0 Å². The van der Waals surface area contributed by atoms with Crippen molar-refractivity contribution in [2.45, 2.75) is 0 Å². The Morgan fingerprint density at radius 3 is 2.00 bits per heavy atom. The molecule has 0 bridgehead atoms. The van der Waals surface area contributed by atoms with E-state index < -0.39 is 11.0 Å². The molecule has 0 N–H and O–H groups in total. The molecule has 1 rings (SSSR count). The van der Waals surface area contributed by atoms with Crippen LogP contribution in [0, 0.1) is 0 Å². The van der Waals surface area contributed by atoms with Gasteiger partial charge in [-0.05, 0) is 24.3 Å². The second kappa shape index (κ2) is 3.96. The molecule has 0 saturated carbocycles. The summed E-state index contributed by atoms with van der Waals surface area (Å²) in [7, 11) is -1.30. The topological polar surface area (TPSA) is 52.6 Å². The molecule has 66 valence electrons. The van der Waals surface area contributed by atoms with E-state index in [1.165, 1.54) is 19.2 Å². The maximum absolute atomic E-state index is 10.1. The Morgan fingerprint density at radius 1 is 1.08 bits per heavy atom. The third-order valence-electron chi connectivity index (χ3n) is 1.24. The molecule has 0 atom stereocenters. The molecular formula is C7H8O4S. The Hall–Kier alpha value is -1.23. The first-order chi connectivity index (χ1) is 5.72. The van der Waals surface area contributed by atoms with E-state index >= 15 is 0 Å². The van der Waals surface area contributed by atoms with Crippen LogP contribution in [0.1, 0.15) is 0 Å². The summed E-state index contributed by atoms with van der Waals surface area (Å²) < 4.78 is 29.5. The second-order valence-corrected chi connectivity index (χ2v) is 2.62. The quantitative estimate of drug-likeness (QED) is 0.706. The summed E-state index contributed by atoms with van der Waals surface area (Å²) in [5.74, 6) is 0.940. The summed E-state index contributed by atoms with van der Waals surface area (Å²) in [6.45, 7) is 0. The van der Waals surface area contributed by atoms with E-state index in [4.69, 9.17) is 4.74 Å². The summed E-state index contributed by atoms with van der Waals surface area (Å²) >= 11 is 0. The van der Waals surface area contributed by atoms with Crippen LogP contribution in [0.25, 0.3) is 0 Å². The summed E-state index contributed by atoms with van der Waals surface area (Å²) in [5, 5.41) is 0. The number of methoxy groups -OCH3 is 1. The van der Waals surface area contributed by atoms with Gasteiger partial charge >= 0.3 is 0 Å². The molecule has 12 heavy (non-hydrogen) atoms. The zero-order chi connectivity index (χ0) is 8.97. The van der Waals surface area contributed by atoms with Crippen LogP contribution in [0.4, 0.5) is 0 Å². The Bertz CT molecular complexity index is 307. The molecule has 0 aliphatic heterocycles. The zero-order valence-electron chi connectivity index (χ0n) is 6.39. The first-order valence-electron chi connectivity index (χ1n) is 3.19. The first-order valence-corrected chi connectivity index (χ1v) is 4.28. The van der Waals surface area contributed by atoms with E-state index in [-0.39, 0.29) is 5.75 Å². The predicted molar refractivity (Wildman–Crippen MR) is 43.9 cm³/mol. The fourth-order valence-electron chi connectivity index (χ4n) is 0.723. The standard InChI is InChI=1S/C7H8O4S/c1-10-6-2-4-7(5-3-6)11-12(8)9/h2-5,12H,1H3. The van der Waals surface area contributed by atoms with Crippen LogP contribution in [-0.4, -0.2) is 15.5 Å². The molecule has 0 spiro atoms. The molecule has 0 fully saturated rings. The third kappa shape index (κ3) is 2.43. The molecule has 0 aliphatic rings. The lowest BCUT2D eigenvalue weighted by atomic mass is 10.3. The number of ether oxygens (including phenoxy) is 1. The second-order valence-electron chi connectivity index (χ2n) is 1.99. The molecule has 1 aromatic rings. The van der Waals surface area contributed by atoms with Gasteiger partial charge in [0, 0.05) is 0 Å². The number of thiol groups is 1. The maximum atomic E-state index is 10.1. The van der Waals surface area contributed by atoms with E-state index in [0.29, 0.717) is 5.75 Å². The minimum Gasteiger partial charge on any atom is -0.497 e. The van der Waals surface area contributed by atoms with Gasteiger partial charge in [0.05, 0.1) is 7.11 Å². The Labute approximate surface area is 71.9 Å². The monoisotopic (exact) mass is 188 g/mol. The molecular weight excluding hydrogens is 180 g/mol. The van der Waals surface area contributed by atoms with Crippen molar-refractivity contribution in [1.29, 1.82) is 0 Å². The van der Waals surface area contributed by atoms with E-state index in [1.807, 2.05) is 0 Å².